The lowest BCUT2D eigenvalue weighted by Gasteiger charge is -2.25. The van der Waals surface area contributed by atoms with Gasteiger partial charge in [-0.05, 0) is 38.6 Å². The molecule has 7 heteroatoms. The first-order valence-corrected chi connectivity index (χ1v) is 8.99. The van der Waals surface area contributed by atoms with E-state index in [4.69, 9.17) is 5.11 Å². The van der Waals surface area contributed by atoms with Crippen LogP contribution in [0.4, 0.5) is 0 Å². The van der Waals surface area contributed by atoms with Gasteiger partial charge in [0.15, 0.2) is 9.84 Å². The van der Waals surface area contributed by atoms with Gasteiger partial charge in [-0.25, -0.2) is 8.42 Å². The van der Waals surface area contributed by atoms with E-state index in [0.29, 0.717) is 18.9 Å². The summed E-state index contributed by atoms with van der Waals surface area (Å²) in [6, 6.07) is 0. The normalized spacial score (nSPS) is 33.4. The number of amides is 1. The van der Waals surface area contributed by atoms with Crippen molar-refractivity contribution in [1.29, 1.82) is 0 Å². The predicted octanol–water partition coefficient (Wildman–Crippen LogP) is -0.616. The van der Waals surface area contributed by atoms with Crippen molar-refractivity contribution < 1.29 is 18.3 Å². The van der Waals surface area contributed by atoms with E-state index in [0.717, 1.165) is 25.9 Å². The summed E-state index contributed by atoms with van der Waals surface area (Å²) >= 11 is 0. The third-order valence-corrected chi connectivity index (χ3v) is 6.12. The molecule has 0 aliphatic carbocycles. The minimum atomic E-state index is -3.00. The number of rotatable bonds is 5. The van der Waals surface area contributed by atoms with E-state index in [2.05, 4.69) is 10.2 Å². The fraction of sp³-hybridized carbons (Fsp3) is 0.923. The van der Waals surface area contributed by atoms with Crippen LogP contribution in [-0.2, 0) is 14.6 Å². The number of aliphatic hydroxyl groups excluding tert-OH is 1. The van der Waals surface area contributed by atoms with Crippen molar-refractivity contribution in [2.24, 2.45) is 5.92 Å². The molecular formula is C13H24N2O4S. The Kier molecular flexibility index (Phi) is 4.71. The second-order valence-electron chi connectivity index (χ2n) is 6.35. The Hall–Kier alpha value is -0.660. The van der Waals surface area contributed by atoms with Crippen molar-refractivity contribution in [3.05, 3.63) is 0 Å². The molecule has 2 heterocycles. The average molecular weight is 304 g/mol. The van der Waals surface area contributed by atoms with Gasteiger partial charge in [-0.2, -0.15) is 0 Å². The summed E-state index contributed by atoms with van der Waals surface area (Å²) in [5.41, 5.74) is -0.611. The average Bonchev–Trinajstić information content (AvgIpc) is 2.84. The number of aliphatic hydroxyl groups is 1. The van der Waals surface area contributed by atoms with Crippen molar-refractivity contribution in [3.63, 3.8) is 0 Å². The molecule has 0 radical (unpaired) electrons. The molecule has 0 saturated carbocycles. The summed E-state index contributed by atoms with van der Waals surface area (Å²) in [5.74, 6) is 0.565. The molecular weight excluding hydrogens is 280 g/mol. The number of sulfone groups is 1. The summed E-state index contributed by atoms with van der Waals surface area (Å²) in [6.07, 6.45) is 2.29. The zero-order chi connectivity index (χ0) is 14.8. The molecule has 116 valence electrons. The lowest BCUT2D eigenvalue weighted by atomic mass is 10.0. The smallest absolute Gasteiger partial charge is 0.234 e. The molecule has 0 aromatic rings. The monoisotopic (exact) mass is 304 g/mol. The highest BCUT2D eigenvalue weighted by molar-refractivity contribution is 7.91. The van der Waals surface area contributed by atoms with E-state index in [1.54, 1.807) is 6.92 Å². The van der Waals surface area contributed by atoms with Crippen LogP contribution < -0.4 is 5.32 Å². The first kappa shape index (κ1) is 15.7. The number of nitrogens with zero attached hydrogens (tertiary/aromatic N) is 1. The number of hydrogen-bond donors (Lipinski definition) is 2. The molecule has 2 atom stereocenters. The van der Waals surface area contributed by atoms with Gasteiger partial charge >= 0.3 is 0 Å². The van der Waals surface area contributed by atoms with E-state index in [1.807, 2.05) is 0 Å². The van der Waals surface area contributed by atoms with Gasteiger partial charge in [0.05, 0.1) is 23.6 Å². The first-order chi connectivity index (χ1) is 9.32. The molecule has 2 rings (SSSR count). The van der Waals surface area contributed by atoms with Crippen LogP contribution in [0, 0.1) is 5.92 Å². The third kappa shape index (κ3) is 4.17. The van der Waals surface area contributed by atoms with Gasteiger partial charge in [-0.15, -0.1) is 0 Å². The Morgan fingerprint density at radius 2 is 2.25 bits per heavy atom. The van der Waals surface area contributed by atoms with Crippen LogP contribution in [0.15, 0.2) is 0 Å². The molecule has 6 nitrogen and oxygen atoms in total. The summed E-state index contributed by atoms with van der Waals surface area (Å²) in [4.78, 5) is 14.1. The van der Waals surface area contributed by atoms with E-state index in [1.165, 1.54) is 0 Å². The van der Waals surface area contributed by atoms with Crippen molar-refractivity contribution in [1.82, 2.24) is 10.2 Å². The Balaban J connectivity index is 1.79. The van der Waals surface area contributed by atoms with Gasteiger partial charge in [-0.3, -0.25) is 9.69 Å². The number of hydrogen-bond acceptors (Lipinski definition) is 5. The summed E-state index contributed by atoms with van der Waals surface area (Å²) < 4.78 is 23.0. The molecule has 0 aromatic carbocycles. The molecule has 0 bridgehead atoms. The standard InChI is InChI=1S/C13H24N2O4S/c1-13(4-7-20(18,19)10-13)14-12(17)9-15-5-2-11(8-15)3-6-16/h11,16H,2-10H2,1H3,(H,14,17). The molecule has 2 aliphatic rings. The van der Waals surface area contributed by atoms with Crippen molar-refractivity contribution in [3.8, 4) is 0 Å². The molecule has 2 fully saturated rings. The number of carbonyl (C=O) groups excluding carboxylic acids is 1. The number of nitrogens with one attached hydrogen (secondary N) is 1. The topological polar surface area (TPSA) is 86.7 Å². The van der Waals surface area contributed by atoms with Crippen LogP contribution in [0.2, 0.25) is 0 Å². The van der Waals surface area contributed by atoms with Crippen LogP contribution >= 0.6 is 0 Å². The summed E-state index contributed by atoms with van der Waals surface area (Å²) in [5, 5.41) is 11.8. The second kappa shape index (κ2) is 5.99. The van der Waals surface area contributed by atoms with E-state index < -0.39 is 15.4 Å². The first-order valence-electron chi connectivity index (χ1n) is 7.17. The third-order valence-electron chi connectivity index (χ3n) is 4.22. The van der Waals surface area contributed by atoms with Gasteiger partial charge in [0.2, 0.25) is 5.91 Å². The lowest BCUT2D eigenvalue weighted by Crippen LogP contribution is -2.50. The largest absolute Gasteiger partial charge is 0.396 e. The van der Waals surface area contributed by atoms with E-state index >= 15 is 0 Å². The summed E-state index contributed by atoms with van der Waals surface area (Å²) in [7, 11) is -3.00. The highest BCUT2D eigenvalue weighted by Crippen LogP contribution is 2.23. The summed E-state index contributed by atoms with van der Waals surface area (Å²) in [6.45, 7) is 4.02. The van der Waals surface area contributed by atoms with Crippen molar-refractivity contribution in [2.45, 2.75) is 31.7 Å². The lowest BCUT2D eigenvalue weighted by molar-refractivity contribution is -0.123. The number of likely N-dealkylation sites (tertiary alicyclic amines) is 1. The Bertz CT molecular complexity index is 465. The molecule has 2 unspecified atom stereocenters. The van der Waals surface area contributed by atoms with Crippen LogP contribution in [0.25, 0.3) is 0 Å². The van der Waals surface area contributed by atoms with Crippen LogP contribution in [0.1, 0.15) is 26.2 Å². The van der Waals surface area contributed by atoms with Gasteiger partial charge in [-0.1, -0.05) is 0 Å². The molecule has 0 aromatic heterocycles. The molecule has 20 heavy (non-hydrogen) atoms. The fourth-order valence-corrected chi connectivity index (χ4v) is 5.26. The van der Waals surface area contributed by atoms with Gasteiger partial charge < -0.3 is 10.4 Å². The van der Waals surface area contributed by atoms with Crippen molar-refractivity contribution in [2.75, 3.05) is 37.7 Å². The second-order valence-corrected chi connectivity index (χ2v) is 8.54. The predicted molar refractivity (Wildman–Crippen MR) is 76.1 cm³/mol. The molecule has 2 saturated heterocycles. The van der Waals surface area contributed by atoms with Gasteiger partial charge in [0.1, 0.15) is 0 Å². The van der Waals surface area contributed by atoms with E-state index in [9.17, 15) is 13.2 Å². The Morgan fingerprint density at radius 1 is 1.50 bits per heavy atom. The maximum atomic E-state index is 12.0. The zero-order valence-corrected chi connectivity index (χ0v) is 12.8. The van der Waals surface area contributed by atoms with Gasteiger partial charge in [0, 0.05) is 13.2 Å². The van der Waals surface area contributed by atoms with Crippen molar-refractivity contribution >= 4 is 15.7 Å². The zero-order valence-electron chi connectivity index (χ0n) is 12.0. The maximum Gasteiger partial charge on any atom is 0.234 e. The van der Waals surface area contributed by atoms with E-state index in [-0.39, 0.29) is 24.0 Å². The minimum Gasteiger partial charge on any atom is -0.396 e. The molecule has 1 amide bonds. The highest BCUT2D eigenvalue weighted by Gasteiger charge is 2.39. The number of carbonyl (C=O) groups is 1. The van der Waals surface area contributed by atoms with Gasteiger partial charge in [0.25, 0.3) is 0 Å². The fourth-order valence-electron chi connectivity index (χ4n) is 3.16. The minimum absolute atomic E-state index is 0.0406. The van der Waals surface area contributed by atoms with Crippen LogP contribution in [0.5, 0.6) is 0 Å². The maximum absolute atomic E-state index is 12.0. The molecule has 0 spiro atoms. The Labute approximate surface area is 120 Å². The SMILES string of the molecule is CC1(NC(=O)CN2CCC(CCO)C2)CCS(=O)(=O)C1. The van der Waals surface area contributed by atoms with Crippen LogP contribution in [-0.4, -0.2) is 67.6 Å². The highest BCUT2D eigenvalue weighted by atomic mass is 32.2. The molecule has 2 N–H and O–H groups in total. The van der Waals surface area contributed by atoms with Crippen LogP contribution in [0.3, 0.4) is 0 Å². The molecule has 2 aliphatic heterocycles. The quantitative estimate of drug-likeness (QED) is 0.707. The Morgan fingerprint density at radius 3 is 2.85 bits per heavy atom.